The van der Waals surface area contributed by atoms with Crippen LogP contribution in [-0.4, -0.2) is 26.1 Å². The van der Waals surface area contributed by atoms with Crippen LogP contribution in [0, 0.1) is 6.92 Å². The molecule has 0 spiro atoms. The van der Waals surface area contributed by atoms with Crippen LogP contribution in [0.15, 0.2) is 12.3 Å². The van der Waals surface area contributed by atoms with E-state index < -0.39 is 0 Å². The van der Waals surface area contributed by atoms with E-state index in [4.69, 9.17) is 0 Å². The molecule has 0 radical (unpaired) electrons. The Morgan fingerprint density at radius 3 is 2.76 bits per heavy atom. The van der Waals surface area contributed by atoms with Crippen molar-refractivity contribution in [3.8, 4) is 0 Å². The Morgan fingerprint density at radius 1 is 1.29 bits per heavy atom. The Kier molecular flexibility index (Phi) is 2.77. The normalized spacial score (nSPS) is 17.8. The minimum Gasteiger partial charge on any atom is -0.318 e. The molecule has 0 aromatic carbocycles. The van der Waals surface area contributed by atoms with Gasteiger partial charge in [0.2, 0.25) is 0 Å². The first-order valence-electron chi connectivity index (χ1n) is 7.41. The summed E-state index contributed by atoms with van der Waals surface area (Å²) in [4.78, 5) is 21.0. The minimum absolute atomic E-state index is 0.201. The number of carbonyl (C=O) groups is 1. The Morgan fingerprint density at radius 2 is 2.05 bits per heavy atom. The molecule has 2 aromatic heterocycles. The largest absolute Gasteiger partial charge is 0.318 e. The molecular weight excluding hydrogens is 266 g/mol. The lowest BCUT2D eigenvalue weighted by Gasteiger charge is -2.08. The molecule has 0 aliphatic heterocycles. The van der Waals surface area contributed by atoms with Gasteiger partial charge in [0.1, 0.15) is 5.82 Å². The summed E-state index contributed by atoms with van der Waals surface area (Å²) in [6.07, 6.45) is 6.32. The lowest BCUT2D eigenvalue weighted by atomic mass is 10.2. The van der Waals surface area contributed by atoms with Crippen molar-refractivity contribution in [1.82, 2.24) is 20.2 Å². The summed E-state index contributed by atoms with van der Waals surface area (Å²) >= 11 is 0. The molecule has 6 nitrogen and oxygen atoms in total. The lowest BCUT2D eigenvalue weighted by molar-refractivity contribution is 0.102. The zero-order valence-corrected chi connectivity index (χ0v) is 11.9. The molecular formula is C15H17N5O. The number of hydrogen-bond donors (Lipinski definition) is 2. The number of aryl methyl sites for hydroxylation is 1. The van der Waals surface area contributed by atoms with E-state index in [0.29, 0.717) is 23.2 Å². The third-order valence-electron chi connectivity index (χ3n) is 4.00. The van der Waals surface area contributed by atoms with Crippen LogP contribution in [-0.2, 0) is 0 Å². The molecule has 0 bridgehead atoms. The van der Waals surface area contributed by atoms with Crippen molar-refractivity contribution in [3.05, 3.63) is 35.2 Å². The first kappa shape index (κ1) is 12.5. The van der Waals surface area contributed by atoms with Crippen LogP contribution < -0.4 is 5.32 Å². The average Bonchev–Trinajstić information content (AvgIpc) is 3.39. The van der Waals surface area contributed by atoms with Gasteiger partial charge >= 0.3 is 0 Å². The van der Waals surface area contributed by atoms with E-state index in [9.17, 15) is 4.79 Å². The summed E-state index contributed by atoms with van der Waals surface area (Å²) in [7, 11) is 0. The van der Waals surface area contributed by atoms with Crippen LogP contribution in [0.1, 0.15) is 65.2 Å². The summed E-state index contributed by atoms with van der Waals surface area (Å²) in [6, 6.07) is 1.85. The Bertz CT molecular complexity index is 700. The third kappa shape index (κ3) is 2.53. The maximum absolute atomic E-state index is 12.3. The summed E-state index contributed by atoms with van der Waals surface area (Å²) in [6.45, 7) is 1.87. The fraction of sp³-hybridized carbons (Fsp3) is 0.467. The van der Waals surface area contributed by atoms with Crippen molar-refractivity contribution in [2.24, 2.45) is 0 Å². The summed E-state index contributed by atoms with van der Waals surface area (Å²) < 4.78 is 0. The van der Waals surface area contributed by atoms with Gasteiger partial charge in [0.15, 0.2) is 5.69 Å². The molecule has 6 heteroatoms. The topological polar surface area (TPSA) is 83.6 Å². The number of carbonyl (C=O) groups excluding carboxylic acids is 1. The molecule has 2 fully saturated rings. The monoisotopic (exact) mass is 283 g/mol. The van der Waals surface area contributed by atoms with Crippen molar-refractivity contribution >= 4 is 11.6 Å². The number of hydrogen-bond acceptors (Lipinski definition) is 4. The molecule has 2 aromatic rings. The number of H-pyrrole nitrogens is 1. The molecule has 108 valence electrons. The second-order valence-electron chi connectivity index (χ2n) is 5.93. The van der Waals surface area contributed by atoms with Gasteiger partial charge in [0.05, 0.1) is 17.6 Å². The highest BCUT2D eigenvalue weighted by Crippen LogP contribution is 2.42. The first-order chi connectivity index (χ1) is 10.2. The number of anilines is 1. The fourth-order valence-corrected chi connectivity index (χ4v) is 2.49. The number of amides is 1. The molecule has 0 unspecified atom stereocenters. The zero-order chi connectivity index (χ0) is 14.4. The fourth-order valence-electron chi connectivity index (χ4n) is 2.49. The molecule has 4 rings (SSSR count). The van der Waals surface area contributed by atoms with Crippen LogP contribution in [0.3, 0.4) is 0 Å². The van der Waals surface area contributed by atoms with E-state index in [1.807, 2.05) is 13.0 Å². The van der Waals surface area contributed by atoms with E-state index >= 15 is 0 Å². The van der Waals surface area contributed by atoms with Crippen LogP contribution >= 0.6 is 0 Å². The first-order valence-corrected chi connectivity index (χ1v) is 7.41. The van der Waals surface area contributed by atoms with E-state index in [0.717, 1.165) is 30.1 Å². The zero-order valence-electron chi connectivity index (χ0n) is 11.9. The average molecular weight is 283 g/mol. The lowest BCUT2D eigenvalue weighted by Crippen LogP contribution is -2.15. The Balaban J connectivity index is 1.55. The summed E-state index contributed by atoms with van der Waals surface area (Å²) in [5, 5.41) is 9.96. The van der Waals surface area contributed by atoms with Crippen molar-refractivity contribution in [2.75, 3.05) is 5.32 Å². The van der Waals surface area contributed by atoms with Gasteiger partial charge in [-0.1, -0.05) is 0 Å². The van der Waals surface area contributed by atoms with Gasteiger partial charge in [-0.05, 0) is 38.7 Å². The Hall–Kier alpha value is -2.24. The summed E-state index contributed by atoms with van der Waals surface area (Å²) in [5.74, 6) is 1.56. The van der Waals surface area contributed by atoms with Gasteiger partial charge in [-0.25, -0.2) is 9.97 Å². The van der Waals surface area contributed by atoms with Gasteiger partial charge in [-0.3, -0.25) is 9.89 Å². The third-order valence-corrected chi connectivity index (χ3v) is 4.00. The number of nitrogens with one attached hydrogen (secondary N) is 2. The van der Waals surface area contributed by atoms with Crippen molar-refractivity contribution in [1.29, 1.82) is 0 Å². The van der Waals surface area contributed by atoms with E-state index in [-0.39, 0.29) is 5.91 Å². The molecule has 2 saturated carbocycles. The molecule has 0 saturated heterocycles. The van der Waals surface area contributed by atoms with Gasteiger partial charge in [-0.2, -0.15) is 5.10 Å². The number of rotatable bonds is 4. The standard InChI is InChI=1S/C15H17N5O/c1-8-16-7-13(14(17-8)10-4-5-10)18-15(21)12-6-11(19-20-12)9-2-3-9/h6-7,9-10H,2-5H2,1H3,(H,18,21)(H,19,20). The highest BCUT2D eigenvalue weighted by molar-refractivity contribution is 6.03. The smallest absolute Gasteiger partial charge is 0.276 e. The quantitative estimate of drug-likeness (QED) is 0.903. The highest BCUT2D eigenvalue weighted by atomic mass is 16.1. The second-order valence-corrected chi connectivity index (χ2v) is 5.93. The van der Waals surface area contributed by atoms with Crippen molar-refractivity contribution in [2.45, 2.75) is 44.4 Å². The molecule has 1 amide bonds. The van der Waals surface area contributed by atoms with Gasteiger partial charge in [0.25, 0.3) is 5.91 Å². The molecule has 2 heterocycles. The summed E-state index contributed by atoms with van der Waals surface area (Å²) in [5.41, 5.74) is 3.15. The van der Waals surface area contributed by atoms with E-state index in [2.05, 4.69) is 25.5 Å². The molecule has 2 N–H and O–H groups in total. The highest BCUT2D eigenvalue weighted by Gasteiger charge is 2.30. The number of nitrogens with zero attached hydrogens (tertiary/aromatic N) is 3. The number of aromatic amines is 1. The minimum atomic E-state index is -0.201. The van der Waals surface area contributed by atoms with Crippen molar-refractivity contribution < 1.29 is 4.79 Å². The Labute approximate surface area is 122 Å². The van der Waals surface area contributed by atoms with E-state index in [1.165, 1.54) is 12.8 Å². The maximum atomic E-state index is 12.3. The molecule has 2 aliphatic rings. The van der Waals surface area contributed by atoms with Crippen molar-refractivity contribution in [3.63, 3.8) is 0 Å². The predicted octanol–water partition coefficient (Wildman–Crippen LogP) is 2.52. The number of aromatic nitrogens is 4. The molecule has 0 atom stereocenters. The van der Waals surface area contributed by atoms with Gasteiger partial charge in [0, 0.05) is 17.5 Å². The predicted molar refractivity (Wildman–Crippen MR) is 77.3 cm³/mol. The van der Waals surface area contributed by atoms with Crippen LogP contribution in [0.5, 0.6) is 0 Å². The van der Waals surface area contributed by atoms with Crippen LogP contribution in [0.2, 0.25) is 0 Å². The van der Waals surface area contributed by atoms with Gasteiger partial charge < -0.3 is 5.32 Å². The second kappa shape index (κ2) is 4.65. The maximum Gasteiger partial charge on any atom is 0.276 e. The van der Waals surface area contributed by atoms with Crippen LogP contribution in [0.25, 0.3) is 0 Å². The molecule has 21 heavy (non-hydrogen) atoms. The SMILES string of the molecule is Cc1ncc(NC(=O)c2cc(C3CC3)[nH]n2)c(C2CC2)n1. The van der Waals surface area contributed by atoms with Crippen LogP contribution in [0.4, 0.5) is 5.69 Å². The van der Waals surface area contributed by atoms with E-state index in [1.54, 1.807) is 6.20 Å². The molecule has 2 aliphatic carbocycles. The van der Waals surface area contributed by atoms with Gasteiger partial charge in [-0.15, -0.1) is 0 Å².